The number of nitriles is 2. The van der Waals surface area contributed by atoms with Gasteiger partial charge in [0.15, 0.2) is 0 Å². The molecule has 6 heteroatoms. The summed E-state index contributed by atoms with van der Waals surface area (Å²) < 4.78 is 30.3. The predicted octanol–water partition coefficient (Wildman–Crippen LogP) is 1.97. The van der Waals surface area contributed by atoms with Crippen molar-refractivity contribution in [2.45, 2.75) is 12.8 Å². The molecule has 0 atom stereocenters. The van der Waals surface area contributed by atoms with Crippen molar-refractivity contribution in [2.75, 3.05) is 7.11 Å². The molecule has 1 aromatic heterocycles. The smallest absolute Gasteiger partial charge is 0.269 e. The number of halogens is 2. The van der Waals surface area contributed by atoms with Crippen LogP contribution in [-0.4, -0.2) is 12.1 Å². The molecule has 0 N–H and O–H groups in total. The Kier molecular flexibility index (Phi) is 3.73. The topological polar surface area (TPSA) is 69.7 Å². The van der Waals surface area contributed by atoms with Crippen molar-refractivity contribution in [3.63, 3.8) is 0 Å². The highest BCUT2D eigenvalue weighted by Crippen LogP contribution is 2.33. The summed E-state index contributed by atoms with van der Waals surface area (Å²) in [5, 5.41) is 17.2. The van der Waals surface area contributed by atoms with E-state index in [4.69, 9.17) is 15.3 Å². The molecule has 1 heterocycles. The molecule has 0 bridgehead atoms. The molecule has 0 aliphatic heterocycles. The molecule has 0 saturated carbocycles. The molecule has 0 aliphatic rings. The maximum absolute atomic E-state index is 12.8. The Balaban J connectivity index is 3.46. The lowest BCUT2D eigenvalue weighted by molar-refractivity contribution is 0.145. The molecule has 0 fully saturated rings. The van der Waals surface area contributed by atoms with E-state index in [1.54, 1.807) is 12.1 Å². The molecular formula is C10H7F2N3O. The molecular weight excluding hydrogens is 216 g/mol. The fourth-order valence-corrected chi connectivity index (χ4v) is 1.29. The van der Waals surface area contributed by atoms with Gasteiger partial charge in [0.1, 0.15) is 17.4 Å². The minimum atomic E-state index is -2.83. The van der Waals surface area contributed by atoms with Gasteiger partial charge in [-0.2, -0.15) is 10.5 Å². The third-order valence-electron chi connectivity index (χ3n) is 1.94. The van der Waals surface area contributed by atoms with Gasteiger partial charge < -0.3 is 4.74 Å². The molecule has 0 amide bonds. The minimum absolute atomic E-state index is 0.0617. The zero-order chi connectivity index (χ0) is 12.1. The number of methoxy groups -OCH3 is 1. The second kappa shape index (κ2) is 5.04. The van der Waals surface area contributed by atoms with Crippen LogP contribution < -0.4 is 4.74 Å². The van der Waals surface area contributed by atoms with Crippen molar-refractivity contribution in [2.24, 2.45) is 0 Å². The predicted molar refractivity (Wildman–Crippen MR) is 49.8 cm³/mol. The Bertz CT molecular complexity index is 474. The normalized spacial score (nSPS) is 9.62. The van der Waals surface area contributed by atoms with Crippen LogP contribution in [0.15, 0.2) is 6.20 Å². The molecule has 1 aromatic rings. The van der Waals surface area contributed by atoms with Crippen LogP contribution in [0, 0.1) is 22.7 Å². The SMILES string of the molecule is COc1c(C#N)cnc(CC#N)c1C(F)F. The van der Waals surface area contributed by atoms with Crippen molar-refractivity contribution < 1.29 is 13.5 Å². The summed E-state index contributed by atoms with van der Waals surface area (Å²) >= 11 is 0. The van der Waals surface area contributed by atoms with Crippen LogP contribution in [0.25, 0.3) is 0 Å². The monoisotopic (exact) mass is 223 g/mol. The van der Waals surface area contributed by atoms with Crippen LogP contribution in [0.5, 0.6) is 5.75 Å². The maximum atomic E-state index is 12.8. The first-order valence-corrected chi connectivity index (χ1v) is 4.26. The van der Waals surface area contributed by atoms with Crippen molar-refractivity contribution in [1.29, 1.82) is 10.5 Å². The van der Waals surface area contributed by atoms with E-state index in [2.05, 4.69) is 4.98 Å². The van der Waals surface area contributed by atoms with Gasteiger partial charge in [0, 0.05) is 6.20 Å². The summed E-state index contributed by atoms with van der Waals surface area (Å²) in [5.74, 6) is -0.210. The van der Waals surface area contributed by atoms with Gasteiger partial charge in [-0.3, -0.25) is 4.98 Å². The van der Waals surface area contributed by atoms with Gasteiger partial charge >= 0.3 is 0 Å². The Morgan fingerprint density at radius 3 is 2.62 bits per heavy atom. The second-order valence-electron chi connectivity index (χ2n) is 2.81. The van der Waals surface area contributed by atoms with Crippen LogP contribution in [0.3, 0.4) is 0 Å². The number of pyridine rings is 1. The fourth-order valence-electron chi connectivity index (χ4n) is 1.29. The molecule has 4 nitrogen and oxygen atoms in total. The van der Waals surface area contributed by atoms with E-state index in [0.29, 0.717) is 0 Å². The van der Waals surface area contributed by atoms with Gasteiger partial charge in [-0.05, 0) is 0 Å². The van der Waals surface area contributed by atoms with Crippen LogP contribution in [-0.2, 0) is 6.42 Å². The van der Waals surface area contributed by atoms with Gasteiger partial charge in [-0.1, -0.05) is 0 Å². The first-order chi connectivity index (χ1) is 7.65. The third-order valence-corrected chi connectivity index (χ3v) is 1.94. The van der Waals surface area contributed by atoms with Crippen molar-refractivity contribution >= 4 is 0 Å². The largest absolute Gasteiger partial charge is 0.495 e. The van der Waals surface area contributed by atoms with Crippen molar-refractivity contribution in [3.05, 3.63) is 23.0 Å². The Morgan fingerprint density at radius 1 is 1.50 bits per heavy atom. The first-order valence-electron chi connectivity index (χ1n) is 4.26. The zero-order valence-corrected chi connectivity index (χ0v) is 8.37. The number of nitrogens with zero attached hydrogens (tertiary/aromatic N) is 3. The standard InChI is InChI=1S/C10H7F2N3O/c1-16-9-6(4-14)5-15-7(2-3-13)8(9)10(11)12/h5,10H,2H2,1H3. The van der Waals surface area contributed by atoms with Gasteiger partial charge in [-0.25, -0.2) is 8.78 Å². The van der Waals surface area contributed by atoms with E-state index >= 15 is 0 Å². The number of hydrogen-bond acceptors (Lipinski definition) is 4. The zero-order valence-electron chi connectivity index (χ0n) is 8.37. The van der Waals surface area contributed by atoms with Crippen molar-refractivity contribution in [3.8, 4) is 17.9 Å². The van der Waals surface area contributed by atoms with E-state index in [0.717, 1.165) is 6.20 Å². The van der Waals surface area contributed by atoms with E-state index in [9.17, 15) is 8.78 Å². The highest BCUT2D eigenvalue weighted by atomic mass is 19.3. The molecule has 16 heavy (non-hydrogen) atoms. The minimum Gasteiger partial charge on any atom is -0.495 e. The Labute approximate surface area is 90.7 Å². The van der Waals surface area contributed by atoms with Crippen LogP contribution >= 0.6 is 0 Å². The molecule has 0 saturated heterocycles. The summed E-state index contributed by atoms with van der Waals surface area (Å²) in [5.41, 5.74) is -0.615. The van der Waals surface area contributed by atoms with E-state index in [1.807, 2.05) is 0 Å². The third kappa shape index (κ3) is 2.06. The molecule has 0 aliphatic carbocycles. The van der Waals surface area contributed by atoms with Gasteiger partial charge in [-0.15, -0.1) is 0 Å². The van der Waals surface area contributed by atoms with E-state index in [-0.39, 0.29) is 23.4 Å². The summed E-state index contributed by atoms with van der Waals surface area (Å²) in [4.78, 5) is 3.66. The lowest BCUT2D eigenvalue weighted by Gasteiger charge is -2.11. The van der Waals surface area contributed by atoms with E-state index in [1.165, 1.54) is 7.11 Å². The molecule has 0 unspecified atom stereocenters. The highest BCUT2D eigenvalue weighted by molar-refractivity contribution is 5.50. The van der Waals surface area contributed by atoms with Crippen molar-refractivity contribution in [1.82, 2.24) is 4.98 Å². The summed E-state index contributed by atoms with van der Waals surface area (Å²) in [6.45, 7) is 0. The highest BCUT2D eigenvalue weighted by Gasteiger charge is 2.22. The summed E-state index contributed by atoms with van der Waals surface area (Å²) in [7, 11) is 1.19. The first kappa shape index (κ1) is 11.9. The summed E-state index contributed by atoms with van der Waals surface area (Å²) in [6.07, 6.45) is -1.96. The quantitative estimate of drug-likeness (QED) is 0.785. The van der Waals surface area contributed by atoms with E-state index < -0.39 is 12.0 Å². The molecule has 0 spiro atoms. The number of hydrogen-bond donors (Lipinski definition) is 0. The number of rotatable bonds is 3. The number of aromatic nitrogens is 1. The molecule has 0 aromatic carbocycles. The Hall–Kier alpha value is -2.21. The fraction of sp³-hybridized carbons (Fsp3) is 0.300. The van der Waals surface area contributed by atoms with Crippen LogP contribution in [0.2, 0.25) is 0 Å². The maximum Gasteiger partial charge on any atom is 0.269 e. The lowest BCUT2D eigenvalue weighted by atomic mass is 10.1. The lowest BCUT2D eigenvalue weighted by Crippen LogP contribution is -2.03. The molecule has 82 valence electrons. The Morgan fingerprint density at radius 2 is 2.19 bits per heavy atom. The average molecular weight is 223 g/mol. The van der Waals surface area contributed by atoms with Gasteiger partial charge in [0.25, 0.3) is 6.43 Å². The molecule has 0 radical (unpaired) electrons. The second-order valence-corrected chi connectivity index (χ2v) is 2.81. The number of ether oxygens (including phenoxy) is 1. The van der Waals surface area contributed by atoms with Gasteiger partial charge in [0.2, 0.25) is 0 Å². The molecule has 1 rings (SSSR count). The summed E-state index contributed by atoms with van der Waals surface area (Å²) in [6, 6.07) is 3.44. The van der Waals surface area contributed by atoms with Gasteiger partial charge in [0.05, 0.1) is 30.9 Å². The number of alkyl halides is 2. The van der Waals surface area contributed by atoms with Crippen LogP contribution in [0.1, 0.15) is 23.2 Å². The average Bonchev–Trinajstić information content (AvgIpc) is 2.28. The van der Waals surface area contributed by atoms with Crippen LogP contribution in [0.4, 0.5) is 8.78 Å².